The average molecular weight is 417 g/mol. The topological polar surface area (TPSA) is 98.9 Å². The van der Waals surface area contributed by atoms with Crippen molar-refractivity contribution in [3.05, 3.63) is 93.5 Å². The van der Waals surface area contributed by atoms with Crippen LogP contribution in [0.5, 0.6) is 5.75 Å². The summed E-state index contributed by atoms with van der Waals surface area (Å²) in [6.45, 7) is 0. The molecule has 0 N–H and O–H groups in total. The molecule has 0 atom stereocenters. The molecule has 0 radical (unpaired) electrons. The van der Waals surface area contributed by atoms with E-state index in [0.29, 0.717) is 16.3 Å². The van der Waals surface area contributed by atoms with Crippen LogP contribution < -0.4 is 4.18 Å². The van der Waals surface area contributed by atoms with Gasteiger partial charge in [-0.1, -0.05) is 11.6 Å². The van der Waals surface area contributed by atoms with Crippen molar-refractivity contribution in [1.82, 2.24) is 0 Å². The zero-order valence-corrected chi connectivity index (χ0v) is 15.8. The summed E-state index contributed by atoms with van der Waals surface area (Å²) >= 11 is 5.76. The molecule has 28 heavy (non-hydrogen) atoms. The number of hydrogen-bond acceptors (Lipinski definition) is 6. The molecule has 0 aromatic heterocycles. The molecule has 7 nitrogen and oxygen atoms in total. The van der Waals surface area contributed by atoms with Crippen molar-refractivity contribution in [3.8, 4) is 5.75 Å². The molecule has 142 valence electrons. The van der Waals surface area contributed by atoms with Gasteiger partial charge in [0.15, 0.2) is 0 Å². The first-order chi connectivity index (χ1) is 13.3. The quantitative estimate of drug-likeness (QED) is 0.249. The SMILES string of the molecule is O=[N+]([O-])c1ccc(/C=N/c2ccc(OS(=O)(=O)c3ccc(Cl)cc3)cc2)cc1. The second-order valence-corrected chi connectivity index (χ2v) is 7.57. The molecule has 0 spiro atoms. The van der Waals surface area contributed by atoms with E-state index < -0.39 is 15.0 Å². The number of benzene rings is 3. The predicted octanol–water partition coefficient (Wildman–Crippen LogP) is 4.77. The number of hydrogen-bond donors (Lipinski definition) is 0. The van der Waals surface area contributed by atoms with E-state index in [0.717, 1.165) is 0 Å². The monoisotopic (exact) mass is 416 g/mol. The maximum atomic E-state index is 12.2. The minimum absolute atomic E-state index is 0.000508. The average Bonchev–Trinajstić information content (AvgIpc) is 2.68. The van der Waals surface area contributed by atoms with Crippen molar-refractivity contribution in [2.24, 2.45) is 4.99 Å². The molecule has 0 saturated heterocycles. The number of halogens is 1. The number of aliphatic imine (C=N–C) groups is 1. The van der Waals surface area contributed by atoms with E-state index in [1.54, 1.807) is 30.5 Å². The summed E-state index contributed by atoms with van der Waals surface area (Å²) in [5.41, 5.74) is 1.26. The molecule has 0 bridgehead atoms. The number of non-ortho nitro benzene ring substituents is 1. The molecule has 0 aliphatic heterocycles. The second kappa shape index (κ2) is 8.20. The third-order valence-electron chi connectivity index (χ3n) is 3.61. The zero-order chi connectivity index (χ0) is 20.1. The van der Waals surface area contributed by atoms with Crippen LogP contribution in [0.15, 0.2) is 82.7 Å². The van der Waals surface area contributed by atoms with Gasteiger partial charge in [0.25, 0.3) is 5.69 Å². The summed E-state index contributed by atoms with van der Waals surface area (Å²) in [6, 6.07) is 17.7. The molecule has 3 aromatic carbocycles. The molecule has 0 fully saturated rings. The van der Waals surface area contributed by atoms with Crippen molar-refractivity contribution < 1.29 is 17.5 Å². The fraction of sp³-hybridized carbons (Fsp3) is 0. The van der Waals surface area contributed by atoms with Gasteiger partial charge in [0.05, 0.1) is 10.6 Å². The van der Waals surface area contributed by atoms with Crippen LogP contribution in [0.4, 0.5) is 11.4 Å². The smallest absolute Gasteiger partial charge is 0.339 e. The van der Waals surface area contributed by atoms with Crippen molar-refractivity contribution in [2.45, 2.75) is 4.90 Å². The molecular weight excluding hydrogens is 404 g/mol. The summed E-state index contributed by atoms with van der Waals surface area (Å²) in [7, 11) is -3.96. The van der Waals surface area contributed by atoms with Crippen LogP contribution in [-0.4, -0.2) is 19.6 Å². The van der Waals surface area contributed by atoms with Crippen molar-refractivity contribution in [3.63, 3.8) is 0 Å². The Morgan fingerprint density at radius 3 is 2.11 bits per heavy atom. The van der Waals surface area contributed by atoms with Gasteiger partial charge in [0.2, 0.25) is 0 Å². The molecule has 0 amide bonds. The van der Waals surface area contributed by atoms with Gasteiger partial charge in [-0.25, -0.2) is 0 Å². The molecule has 3 aromatic rings. The first-order valence-corrected chi connectivity index (χ1v) is 9.71. The molecule has 9 heteroatoms. The van der Waals surface area contributed by atoms with E-state index in [1.807, 2.05) is 0 Å². The Morgan fingerprint density at radius 2 is 1.54 bits per heavy atom. The van der Waals surface area contributed by atoms with Crippen LogP contribution in [0, 0.1) is 10.1 Å². The zero-order valence-electron chi connectivity index (χ0n) is 14.2. The third kappa shape index (κ3) is 4.93. The summed E-state index contributed by atoms with van der Waals surface area (Å²) in [4.78, 5) is 14.4. The Balaban J connectivity index is 1.69. The lowest BCUT2D eigenvalue weighted by molar-refractivity contribution is -0.384. The van der Waals surface area contributed by atoms with Crippen LogP contribution in [0.2, 0.25) is 5.02 Å². The predicted molar refractivity (Wildman–Crippen MR) is 106 cm³/mol. The van der Waals surface area contributed by atoms with Crippen LogP contribution >= 0.6 is 11.6 Å². The number of nitro benzene ring substituents is 1. The highest BCUT2D eigenvalue weighted by molar-refractivity contribution is 7.87. The Hall–Kier alpha value is -3.23. The highest BCUT2D eigenvalue weighted by atomic mass is 35.5. The van der Waals surface area contributed by atoms with Crippen molar-refractivity contribution >= 4 is 39.3 Å². The first kappa shape index (κ1) is 19.5. The van der Waals surface area contributed by atoms with Gasteiger partial charge in [0, 0.05) is 23.4 Å². The van der Waals surface area contributed by atoms with E-state index >= 15 is 0 Å². The van der Waals surface area contributed by atoms with Gasteiger partial charge in [-0.3, -0.25) is 15.1 Å². The van der Waals surface area contributed by atoms with Gasteiger partial charge in [0.1, 0.15) is 10.6 Å². The lowest BCUT2D eigenvalue weighted by Crippen LogP contribution is -2.09. The minimum atomic E-state index is -3.96. The Kier molecular flexibility index (Phi) is 5.72. The van der Waals surface area contributed by atoms with E-state index in [4.69, 9.17) is 15.8 Å². The molecule has 0 aliphatic carbocycles. The Labute approximate surface area is 166 Å². The van der Waals surface area contributed by atoms with E-state index in [-0.39, 0.29) is 16.3 Å². The van der Waals surface area contributed by atoms with Crippen LogP contribution in [0.1, 0.15) is 5.56 Å². The number of nitro groups is 1. The van der Waals surface area contributed by atoms with Crippen LogP contribution in [0.3, 0.4) is 0 Å². The van der Waals surface area contributed by atoms with E-state index in [1.165, 1.54) is 48.5 Å². The van der Waals surface area contributed by atoms with Crippen molar-refractivity contribution in [2.75, 3.05) is 0 Å². The Bertz CT molecular complexity index is 1110. The molecule has 0 unspecified atom stereocenters. The number of rotatable bonds is 6. The normalized spacial score (nSPS) is 11.5. The summed E-state index contributed by atoms with van der Waals surface area (Å²) < 4.78 is 29.6. The lowest BCUT2D eigenvalue weighted by Gasteiger charge is -2.07. The summed E-state index contributed by atoms with van der Waals surface area (Å²) in [5, 5.41) is 11.1. The summed E-state index contributed by atoms with van der Waals surface area (Å²) in [6.07, 6.45) is 1.55. The fourth-order valence-corrected chi connectivity index (χ4v) is 3.25. The standard InChI is InChI=1S/C19H13ClN2O5S/c20-15-3-11-19(12-4-15)28(25,26)27-18-9-5-16(6-10-18)21-13-14-1-7-17(8-2-14)22(23)24/h1-13H/b21-13+. The van der Waals surface area contributed by atoms with E-state index in [2.05, 4.69) is 4.99 Å². The highest BCUT2D eigenvalue weighted by Crippen LogP contribution is 2.23. The minimum Gasteiger partial charge on any atom is -0.379 e. The molecule has 0 aliphatic rings. The van der Waals surface area contributed by atoms with Gasteiger partial charge in [-0.15, -0.1) is 0 Å². The van der Waals surface area contributed by atoms with Crippen LogP contribution in [-0.2, 0) is 10.1 Å². The third-order valence-corrected chi connectivity index (χ3v) is 5.12. The van der Waals surface area contributed by atoms with Gasteiger partial charge in [-0.05, 0) is 66.2 Å². The van der Waals surface area contributed by atoms with Gasteiger partial charge < -0.3 is 4.18 Å². The summed E-state index contributed by atoms with van der Waals surface area (Å²) in [5.74, 6) is 0.143. The molecule has 0 saturated carbocycles. The first-order valence-electron chi connectivity index (χ1n) is 7.92. The lowest BCUT2D eigenvalue weighted by atomic mass is 10.2. The molecule has 3 rings (SSSR count). The number of nitrogens with zero attached hydrogens (tertiary/aromatic N) is 2. The second-order valence-electron chi connectivity index (χ2n) is 5.59. The highest BCUT2D eigenvalue weighted by Gasteiger charge is 2.16. The maximum Gasteiger partial charge on any atom is 0.339 e. The Morgan fingerprint density at radius 1 is 0.929 bits per heavy atom. The van der Waals surface area contributed by atoms with Gasteiger partial charge >= 0.3 is 10.1 Å². The maximum absolute atomic E-state index is 12.2. The van der Waals surface area contributed by atoms with Crippen LogP contribution in [0.25, 0.3) is 0 Å². The van der Waals surface area contributed by atoms with E-state index in [9.17, 15) is 18.5 Å². The fourth-order valence-electron chi connectivity index (χ4n) is 2.19. The van der Waals surface area contributed by atoms with Gasteiger partial charge in [-0.2, -0.15) is 8.42 Å². The molecular formula is C19H13ClN2O5S. The molecule has 0 heterocycles. The largest absolute Gasteiger partial charge is 0.379 e. The van der Waals surface area contributed by atoms with Crippen molar-refractivity contribution in [1.29, 1.82) is 0 Å².